The number of ether oxygens (including phenoxy) is 1. The van der Waals surface area contributed by atoms with Gasteiger partial charge < -0.3 is 15.4 Å². The molecule has 190 valence electrons. The number of carbonyl (C=O) groups is 2. The summed E-state index contributed by atoms with van der Waals surface area (Å²) in [6.45, 7) is 2.56. The molecular weight excluding hydrogens is 440 g/mol. The summed E-state index contributed by atoms with van der Waals surface area (Å²) in [5.74, 6) is 0. The number of unbranched alkanes of at least 4 members (excludes halogenated alkanes) is 9. The molecule has 11 heteroatoms. The van der Waals surface area contributed by atoms with E-state index in [1.165, 1.54) is 17.1 Å². The molecule has 0 aliphatic heterocycles. The Bertz CT molecular complexity index is 684. The van der Waals surface area contributed by atoms with Crippen molar-refractivity contribution in [1.82, 2.24) is 15.5 Å². The Morgan fingerprint density at radius 3 is 1.68 bits per heavy atom. The fraction of sp³-hybridized carbons (Fsp3) is 0.783. The average molecular weight is 479 g/mol. The van der Waals surface area contributed by atoms with Gasteiger partial charge in [0.05, 0.1) is 13.1 Å². The van der Waals surface area contributed by atoms with E-state index in [0.29, 0.717) is 45.8 Å². The Morgan fingerprint density at radius 1 is 0.706 bits per heavy atom. The Balaban J connectivity index is 4.33. The first kappa shape index (κ1) is 30.8. The van der Waals surface area contributed by atoms with Crippen LogP contribution in [0.2, 0.25) is 0 Å². The van der Waals surface area contributed by atoms with Gasteiger partial charge in [0.2, 0.25) is 12.2 Å². The Kier molecular flexibility index (Phi) is 22.1. The molecule has 0 aromatic heterocycles. The number of hydrogen-bond donors (Lipinski definition) is 2. The number of urea groups is 2. The average Bonchev–Trinajstić information content (AvgIpc) is 2.84. The number of nitrogens with one attached hydrogen (secondary N) is 2. The van der Waals surface area contributed by atoms with Crippen molar-refractivity contribution in [2.24, 2.45) is 9.98 Å². The molecule has 0 atom stereocenters. The van der Waals surface area contributed by atoms with Crippen molar-refractivity contribution in [2.45, 2.75) is 77.0 Å². The molecule has 4 amide bonds. The third-order valence-electron chi connectivity index (χ3n) is 5.01. The molecule has 0 aliphatic carbocycles. The number of isocyanates is 2. The topological polar surface area (TPSA) is 153 Å². The minimum atomic E-state index is -0.415. The number of imide groups is 1. The fourth-order valence-corrected chi connectivity index (χ4v) is 3.15. The zero-order valence-electron chi connectivity index (χ0n) is 20.1. The summed E-state index contributed by atoms with van der Waals surface area (Å²) >= 11 is 0. The summed E-state index contributed by atoms with van der Waals surface area (Å²) in [5.41, 5.74) is 0. The molecule has 0 aromatic rings. The zero-order valence-corrected chi connectivity index (χ0v) is 20.1. The molecule has 0 aromatic carbocycles. The Morgan fingerprint density at radius 2 is 1.18 bits per heavy atom. The summed E-state index contributed by atoms with van der Waals surface area (Å²) < 4.78 is 4.62. The van der Waals surface area contributed by atoms with Crippen molar-refractivity contribution >= 4 is 24.2 Å². The fourth-order valence-electron chi connectivity index (χ4n) is 3.15. The van der Waals surface area contributed by atoms with Crippen LogP contribution in [0.3, 0.4) is 0 Å². The van der Waals surface area contributed by atoms with E-state index in [2.05, 4.69) is 25.4 Å². The number of nitriles is 1. The third-order valence-corrected chi connectivity index (χ3v) is 5.01. The molecule has 0 radical (unpaired) electrons. The molecule has 0 unspecified atom stereocenters. The van der Waals surface area contributed by atoms with Crippen molar-refractivity contribution in [1.29, 1.82) is 5.26 Å². The van der Waals surface area contributed by atoms with E-state index in [-0.39, 0.29) is 0 Å². The van der Waals surface area contributed by atoms with E-state index in [1.54, 1.807) is 6.26 Å². The van der Waals surface area contributed by atoms with Gasteiger partial charge >= 0.3 is 12.1 Å². The summed E-state index contributed by atoms with van der Waals surface area (Å²) in [6.07, 6.45) is 14.5. The van der Waals surface area contributed by atoms with Crippen LogP contribution >= 0.6 is 0 Å². The summed E-state index contributed by atoms with van der Waals surface area (Å²) in [5, 5.41) is 13.9. The highest BCUT2D eigenvalue weighted by molar-refractivity contribution is 5.93. The van der Waals surface area contributed by atoms with E-state index in [0.717, 1.165) is 70.6 Å². The molecule has 0 bridgehead atoms. The number of nitrogens with zero attached hydrogens (tertiary/aromatic N) is 4. The van der Waals surface area contributed by atoms with Gasteiger partial charge in [-0.1, -0.05) is 32.1 Å². The first-order chi connectivity index (χ1) is 16.7. The quantitative estimate of drug-likeness (QED) is 0.111. The maximum absolute atomic E-state index is 12.6. The van der Waals surface area contributed by atoms with Gasteiger partial charge in [-0.05, 0) is 44.9 Å². The number of hydrogen-bond acceptors (Lipinski definition) is 8. The van der Waals surface area contributed by atoms with Crippen LogP contribution in [0.4, 0.5) is 9.59 Å². The maximum Gasteiger partial charge on any atom is 0.325 e. The molecular formula is C23H38N6O5. The first-order valence-electron chi connectivity index (χ1n) is 12.1. The van der Waals surface area contributed by atoms with Gasteiger partial charge in [-0.2, -0.15) is 5.26 Å². The van der Waals surface area contributed by atoms with Crippen molar-refractivity contribution in [3.63, 3.8) is 0 Å². The third kappa shape index (κ3) is 19.5. The van der Waals surface area contributed by atoms with Crippen molar-refractivity contribution in [3.05, 3.63) is 0 Å². The first-order valence-corrected chi connectivity index (χ1v) is 12.1. The minimum Gasteiger partial charge on any atom is -0.428 e. The number of rotatable bonds is 21. The monoisotopic (exact) mass is 478 g/mol. The van der Waals surface area contributed by atoms with E-state index in [9.17, 15) is 19.2 Å². The van der Waals surface area contributed by atoms with Crippen LogP contribution in [0, 0.1) is 11.5 Å². The van der Waals surface area contributed by atoms with Crippen LogP contribution in [0.25, 0.3) is 0 Å². The molecule has 0 rings (SSSR count). The zero-order chi connectivity index (χ0) is 25.1. The molecule has 11 nitrogen and oxygen atoms in total. The predicted octanol–water partition coefficient (Wildman–Crippen LogP) is 3.56. The van der Waals surface area contributed by atoms with Gasteiger partial charge in [0, 0.05) is 19.6 Å². The van der Waals surface area contributed by atoms with E-state index < -0.39 is 12.1 Å². The van der Waals surface area contributed by atoms with Crippen molar-refractivity contribution in [2.75, 3.05) is 39.3 Å². The van der Waals surface area contributed by atoms with Gasteiger partial charge in [0.15, 0.2) is 0 Å². The highest BCUT2D eigenvalue weighted by Crippen LogP contribution is 2.05. The Labute approximate surface area is 202 Å². The lowest BCUT2D eigenvalue weighted by molar-refractivity contribution is 0.184. The van der Waals surface area contributed by atoms with Gasteiger partial charge in [-0.3, -0.25) is 0 Å². The molecule has 0 saturated heterocycles. The summed E-state index contributed by atoms with van der Waals surface area (Å²) in [7, 11) is 0. The molecule has 0 aliphatic rings. The molecule has 0 heterocycles. The van der Waals surface area contributed by atoms with Gasteiger partial charge in [0.25, 0.3) is 6.26 Å². The standard InChI is InChI=1S/C23H38N6O5/c24-19-34-18-12-6-4-10-16-28-23(33)29(17-11-5-3-8-14-26-21-31)22(32)27-15-9-2-1-7-13-25-20-30/h1-18H2,(H,27,32)(H,28,33). The van der Waals surface area contributed by atoms with Crippen LogP contribution in [-0.4, -0.2) is 68.5 Å². The van der Waals surface area contributed by atoms with Crippen molar-refractivity contribution < 1.29 is 23.9 Å². The van der Waals surface area contributed by atoms with Crippen LogP contribution < -0.4 is 10.6 Å². The molecule has 0 spiro atoms. The van der Waals surface area contributed by atoms with Crippen LogP contribution in [0.15, 0.2) is 9.98 Å². The normalized spacial score (nSPS) is 9.74. The largest absolute Gasteiger partial charge is 0.428 e. The summed E-state index contributed by atoms with van der Waals surface area (Å²) in [4.78, 5) is 53.5. The second kappa shape index (κ2) is 24.4. The second-order valence-electron chi connectivity index (χ2n) is 7.74. The minimum absolute atomic E-state index is 0.309. The lowest BCUT2D eigenvalue weighted by Crippen LogP contribution is -2.49. The highest BCUT2D eigenvalue weighted by atomic mass is 16.5. The second-order valence-corrected chi connectivity index (χ2v) is 7.74. The van der Waals surface area contributed by atoms with Crippen LogP contribution in [-0.2, 0) is 14.3 Å². The maximum atomic E-state index is 12.6. The lowest BCUT2D eigenvalue weighted by Gasteiger charge is -2.22. The van der Waals surface area contributed by atoms with E-state index in [1.807, 2.05) is 0 Å². The van der Waals surface area contributed by atoms with E-state index in [4.69, 9.17) is 5.26 Å². The van der Waals surface area contributed by atoms with Gasteiger partial charge in [0.1, 0.15) is 6.61 Å². The number of aliphatic imine (C=N–C) groups is 2. The molecule has 0 fully saturated rings. The molecule has 0 saturated carbocycles. The summed E-state index contributed by atoms with van der Waals surface area (Å²) in [6, 6.07) is -0.829. The Hall–Kier alpha value is -3.21. The van der Waals surface area contributed by atoms with Crippen LogP contribution in [0.1, 0.15) is 77.0 Å². The number of carbonyl (C=O) groups excluding carboxylic acids is 4. The SMILES string of the molecule is N#COCCCCCCNC(=O)N(CCCCCCN=C=O)C(=O)NCCCCCCN=C=O. The smallest absolute Gasteiger partial charge is 0.325 e. The van der Waals surface area contributed by atoms with Crippen LogP contribution in [0.5, 0.6) is 0 Å². The molecule has 2 N–H and O–H groups in total. The lowest BCUT2D eigenvalue weighted by atomic mass is 10.2. The van der Waals surface area contributed by atoms with Gasteiger partial charge in [-0.15, -0.1) is 0 Å². The molecule has 34 heavy (non-hydrogen) atoms. The number of amides is 4. The van der Waals surface area contributed by atoms with Crippen molar-refractivity contribution in [3.8, 4) is 6.26 Å². The predicted molar refractivity (Wildman–Crippen MR) is 126 cm³/mol. The van der Waals surface area contributed by atoms with E-state index >= 15 is 0 Å². The van der Waals surface area contributed by atoms with Gasteiger partial charge in [-0.25, -0.2) is 34.1 Å². The highest BCUT2D eigenvalue weighted by Gasteiger charge is 2.20.